The first kappa shape index (κ1) is 26.5. The summed E-state index contributed by atoms with van der Waals surface area (Å²) in [5.74, 6) is 0.570. The van der Waals surface area contributed by atoms with Crippen LogP contribution in [0.4, 0.5) is 11.4 Å². The Morgan fingerprint density at radius 3 is 2.44 bits per heavy atom. The number of anilines is 2. The zero-order valence-electron chi connectivity index (χ0n) is 21.1. The molecule has 39 heavy (non-hydrogen) atoms. The van der Waals surface area contributed by atoms with Crippen molar-refractivity contribution in [2.24, 2.45) is 0 Å². The van der Waals surface area contributed by atoms with Crippen molar-refractivity contribution in [2.45, 2.75) is 30.4 Å². The van der Waals surface area contributed by atoms with Crippen LogP contribution in [-0.2, 0) is 16.6 Å². The van der Waals surface area contributed by atoms with E-state index in [4.69, 9.17) is 21.1 Å². The smallest absolute Gasteiger partial charge is 0.264 e. The first-order valence-electron chi connectivity index (χ1n) is 12.3. The molecule has 0 saturated heterocycles. The van der Waals surface area contributed by atoms with Gasteiger partial charge in [-0.05, 0) is 79.1 Å². The van der Waals surface area contributed by atoms with E-state index in [0.717, 1.165) is 29.8 Å². The molecule has 0 spiro atoms. The Hall–Kier alpha value is -4.08. The molecule has 10 heteroatoms. The first-order valence-corrected chi connectivity index (χ1v) is 14.1. The normalized spacial score (nSPS) is 13.0. The molecule has 1 amide bonds. The lowest BCUT2D eigenvalue weighted by molar-refractivity contribution is 0.0981. The Morgan fingerprint density at radius 2 is 1.77 bits per heavy atom. The molecule has 1 heterocycles. The third kappa shape index (κ3) is 6.50. The predicted molar refractivity (Wildman–Crippen MR) is 149 cm³/mol. The molecule has 0 bridgehead atoms. The van der Waals surface area contributed by atoms with Crippen LogP contribution in [0.25, 0.3) is 0 Å². The van der Waals surface area contributed by atoms with Gasteiger partial charge in [0.2, 0.25) is 0 Å². The molecule has 3 aromatic carbocycles. The lowest BCUT2D eigenvalue weighted by atomic mass is 10.1. The Morgan fingerprint density at radius 1 is 1.00 bits per heavy atom. The number of carbonyl (C=O) groups is 1. The predicted octanol–water partition coefficient (Wildman–Crippen LogP) is 5.74. The Balaban J connectivity index is 1.42. The fourth-order valence-electron chi connectivity index (χ4n) is 3.96. The second-order valence-corrected chi connectivity index (χ2v) is 11.2. The van der Waals surface area contributed by atoms with Gasteiger partial charge in [0.05, 0.1) is 18.1 Å². The van der Waals surface area contributed by atoms with Crippen LogP contribution in [0.2, 0.25) is 5.02 Å². The number of ether oxygens (including phenoxy) is 2. The van der Waals surface area contributed by atoms with Crippen molar-refractivity contribution >= 4 is 38.9 Å². The summed E-state index contributed by atoms with van der Waals surface area (Å²) in [6.45, 7) is 0.498. The number of nitrogens with one attached hydrogen (secondary N) is 1. The SMILES string of the molecule is COc1ccc(N(Cc2cccnc2)c2ccc(C(=O)NS(=O)(=O)c3cccc(Cl)c3)cc2)cc1OC1CC1. The van der Waals surface area contributed by atoms with Crippen LogP contribution in [-0.4, -0.2) is 32.5 Å². The molecule has 1 N–H and O–H groups in total. The molecule has 200 valence electrons. The summed E-state index contributed by atoms with van der Waals surface area (Å²) in [6.07, 6.45) is 5.74. The maximum atomic E-state index is 12.8. The number of methoxy groups -OCH3 is 1. The molecule has 1 fully saturated rings. The number of hydrogen-bond donors (Lipinski definition) is 1. The number of nitrogens with zero attached hydrogens (tertiary/aromatic N) is 2. The molecule has 1 aromatic heterocycles. The number of pyridine rings is 1. The van der Waals surface area contributed by atoms with Gasteiger partial charge in [-0.25, -0.2) is 13.1 Å². The van der Waals surface area contributed by atoms with Crippen molar-refractivity contribution in [2.75, 3.05) is 12.0 Å². The van der Waals surface area contributed by atoms with Crippen LogP contribution in [0.1, 0.15) is 28.8 Å². The zero-order valence-corrected chi connectivity index (χ0v) is 22.7. The van der Waals surface area contributed by atoms with Crippen molar-refractivity contribution < 1.29 is 22.7 Å². The van der Waals surface area contributed by atoms with Gasteiger partial charge in [-0.15, -0.1) is 0 Å². The van der Waals surface area contributed by atoms with Crippen LogP contribution >= 0.6 is 11.6 Å². The maximum absolute atomic E-state index is 12.8. The molecule has 5 rings (SSSR count). The van der Waals surface area contributed by atoms with Crippen molar-refractivity contribution in [1.82, 2.24) is 9.71 Å². The number of amides is 1. The number of aromatic nitrogens is 1. The molecule has 0 atom stereocenters. The lowest BCUT2D eigenvalue weighted by Crippen LogP contribution is -2.30. The zero-order chi connectivity index (χ0) is 27.4. The highest BCUT2D eigenvalue weighted by Gasteiger charge is 2.26. The second kappa shape index (κ2) is 11.3. The van der Waals surface area contributed by atoms with Gasteiger partial charge in [-0.2, -0.15) is 0 Å². The van der Waals surface area contributed by atoms with E-state index in [2.05, 4.69) is 14.6 Å². The van der Waals surface area contributed by atoms with Gasteiger partial charge in [0, 0.05) is 47.0 Å². The number of benzene rings is 3. The van der Waals surface area contributed by atoms with E-state index in [1.54, 1.807) is 49.8 Å². The number of carbonyl (C=O) groups excluding carboxylic acids is 1. The minimum absolute atomic E-state index is 0.0913. The van der Waals surface area contributed by atoms with Crippen molar-refractivity contribution in [1.29, 1.82) is 0 Å². The van der Waals surface area contributed by atoms with E-state index >= 15 is 0 Å². The van der Waals surface area contributed by atoms with Crippen molar-refractivity contribution in [3.05, 3.63) is 107 Å². The third-order valence-corrected chi connectivity index (χ3v) is 7.68. The fourth-order valence-corrected chi connectivity index (χ4v) is 5.24. The quantitative estimate of drug-likeness (QED) is 0.263. The van der Waals surface area contributed by atoms with Gasteiger partial charge in [0.1, 0.15) is 0 Å². The van der Waals surface area contributed by atoms with Gasteiger partial charge in [0.15, 0.2) is 11.5 Å². The summed E-state index contributed by atoms with van der Waals surface area (Å²) in [4.78, 5) is 19.0. The van der Waals surface area contributed by atoms with Crippen LogP contribution in [0.5, 0.6) is 11.5 Å². The average Bonchev–Trinajstić information content (AvgIpc) is 3.76. The third-order valence-electron chi connectivity index (χ3n) is 6.11. The van der Waals surface area contributed by atoms with E-state index in [1.165, 1.54) is 18.2 Å². The molecule has 0 aliphatic heterocycles. The van der Waals surface area contributed by atoms with Crippen molar-refractivity contribution in [3.8, 4) is 11.5 Å². The molecular formula is C29H26ClN3O5S. The van der Waals surface area contributed by atoms with Gasteiger partial charge >= 0.3 is 0 Å². The molecule has 4 aromatic rings. The summed E-state index contributed by atoms with van der Waals surface area (Å²) in [5.41, 5.74) is 2.82. The molecule has 1 aliphatic rings. The van der Waals surface area contributed by atoms with E-state index in [-0.39, 0.29) is 21.6 Å². The highest BCUT2D eigenvalue weighted by Crippen LogP contribution is 2.38. The van der Waals surface area contributed by atoms with Gasteiger partial charge in [0.25, 0.3) is 15.9 Å². The fraction of sp³-hybridized carbons (Fsp3) is 0.172. The van der Waals surface area contributed by atoms with E-state index in [0.29, 0.717) is 18.0 Å². The first-order chi connectivity index (χ1) is 18.8. The summed E-state index contributed by atoms with van der Waals surface area (Å²) >= 11 is 5.91. The van der Waals surface area contributed by atoms with E-state index in [9.17, 15) is 13.2 Å². The van der Waals surface area contributed by atoms with Gasteiger partial charge in [-0.1, -0.05) is 23.7 Å². The molecule has 0 radical (unpaired) electrons. The van der Waals surface area contributed by atoms with Crippen molar-refractivity contribution in [3.63, 3.8) is 0 Å². The van der Waals surface area contributed by atoms with Crippen LogP contribution in [0.15, 0.2) is 96.2 Å². The standard InChI is InChI=1S/C29H26ClN3O5S/c1-37-27-14-11-24(17-28(27)38-25-12-13-25)33(19-20-4-3-15-31-18-20)23-9-7-21(8-10-23)29(34)32-39(35,36)26-6-2-5-22(30)16-26/h2-11,14-18,25H,12-13,19H2,1H3,(H,32,34). The Kier molecular flexibility index (Phi) is 7.72. The highest BCUT2D eigenvalue weighted by molar-refractivity contribution is 7.90. The maximum Gasteiger partial charge on any atom is 0.264 e. The minimum Gasteiger partial charge on any atom is -0.493 e. The molecule has 0 unspecified atom stereocenters. The van der Waals surface area contributed by atoms with E-state index < -0.39 is 15.9 Å². The molecule has 1 aliphatic carbocycles. The summed E-state index contributed by atoms with van der Waals surface area (Å²) in [7, 11) is -2.47. The Bertz CT molecular complexity index is 1580. The van der Waals surface area contributed by atoms with Gasteiger partial charge < -0.3 is 14.4 Å². The monoisotopic (exact) mass is 563 g/mol. The van der Waals surface area contributed by atoms with Crippen LogP contribution in [0, 0.1) is 0 Å². The average molecular weight is 564 g/mol. The second-order valence-electron chi connectivity index (χ2n) is 9.04. The highest BCUT2D eigenvalue weighted by atomic mass is 35.5. The van der Waals surface area contributed by atoms with Gasteiger partial charge in [-0.3, -0.25) is 9.78 Å². The van der Waals surface area contributed by atoms with Crippen LogP contribution in [0.3, 0.4) is 0 Å². The number of sulfonamides is 1. The molecular weight excluding hydrogens is 538 g/mol. The lowest BCUT2D eigenvalue weighted by Gasteiger charge is -2.26. The topological polar surface area (TPSA) is 97.8 Å². The van der Waals surface area contributed by atoms with Crippen LogP contribution < -0.4 is 19.1 Å². The van der Waals surface area contributed by atoms with E-state index in [1.807, 2.05) is 30.3 Å². The summed E-state index contributed by atoms with van der Waals surface area (Å²) < 4.78 is 39.0. The molecule has 8 nitrogen and oxygen atoms in total. The number of rotatable bonds is 10. The molecule has 1 saturated carbocycles. The number of halogens is 1. The summed E-state index contributed by atoms with van der Waals surface area (Å²) in [5, 5.41) is 0.257. The minimum atomic E-state index is -4.08. The Labute approximate surface area is 232 Å². The summed E-state index contributed by atoms with van der Waals surface area (Å²) in [6, 6.07) is 22.0. The largest absolute Gasteiger partial charge is 0.493 e. The number of hydrogen-bond acceptors (Lipinski definition) is 7.